The molecule has 2 N–H and O–H groups in total. The van der Waals surface area contributed by atoms with Gasteiger partial charge in [0.2, 0.25) is 5.85 Å². The van der Waals surface area contributed by atoms with Gasteiger partial charge in [0.25, 0.3) is 5.91 Å². The molecular weight excluding hydrogens is 627 g/mol. The van der Waals surface area contributed by atoms with Gasteiger partial charge in [-0.3, -0.25) is 24.2 Å². The maximum Gasteiger partial charge on any atom is 0.306 e. The number of ketones is 1. The lowest BCUT2D eigenvalue weighted by atomic mass is 9.87. The molecule has 1 atom stereocenters. The number of halogens is 2. The number of aromatic nitrogens is 1. The van der Waals surface area contributed by atoms with Gasteiger partial charge in [0, 0.05) is 69.8 Å². The van der Waals surface area contributed by atoms with Crippen LogP contribution in [0.2, 0.25) is 5.02 Å². The van der Waals surface area contributed by atoms with Crippen molar-refractivity contribution < 1.29 is 33.4 Å². The van der Waals surface area contributed by atoms with Gasteiger partial charge < -0.3 is 24.5 Å². The molecule has 0 spiro atoms. The van der Waals surface area contributed by atoms with Crippen LogP contribution in [0.25, 0.3) is 10.9 Å². The van der Waals surface area contributed by atoms with E-state index in [4.69, 9.17) is 21.1 Å². The summed E-state index contributed by atoms with van der Waals surface area (Å²) >= 11 is 6.62. The van der Waals surface area contributed by atoms with Crippen molar-refractivity contribution in [3.05, 3.63) is 64.6 Å². The van der Waals surface area contributed by atoms with Crippen molar-refractivity contribution in [1.82, 2.24) is 14.4 Å². The number of nitrogens with one attached hydrogen (secondary N) is 1. The number of ether oxygens (including phenoxy) is 2. The summed E-state index contributed by atoms with van der Waals surface area (Å²) in [5.41, 5.74) is 1.54. The number of carboxylic acids is 1. The summed E-state index contributed by atoms with van der Waals surface area (Å²) in [6, 6.07) is 10.1. The van der Waals surface area contributed by atoms with Gasteiger partial charge in [-0.25, -0.2) is 4.39 Å². The Morgan fingerprint density at radius 3 is 2.45 bits per heavy atom. The summed E-state index contributed by atoms with van der Waals surface area (Å²) in [5, 5.41) is 13.1. The number of hydrogen-bond acceptors (Lipinski definition) is 7. The van der Waals surface area contributed by atoms with Crippen LogP contribution in [0.3, 0.4) is 0 Å². The van der Waals surface area contributed by atoms with Crippen molar-refractivity contribution in [3.8, 4) is 0 Å². The van der Waals surface area contributed by atoms with E-state index in [-0.39, 0.29) is 40.5 Å². The number of benzene rings is 2. The number of fused-ring (bicyclic) bond motifs is 1. The average Bonchev–Trinajstić information content (AvgIpc) is 3.69. The monoisotopic (exact) mass is 668 g/mol. The molecule has 0 radical (unpaired) electrons. The van der Waals surface area contributed by atoms with E-state index in [1.807, 2.05) is 40.8 Å². The molecule has 1 aliphatic carbocycles. The van der Waals surface area contributed by atoms with Gasteiger partial charge in [0.05, 0.1) is 34.9 Å². The number of carbonyl (C=O) groups is 3. The molecular formula is C35H42ClFN4O6. The number of Topliss-reactive ketones (excluding diaryl/α,β-unsaturated/α-hetero) is 1. The first-order valence-electron chi connectivity index (χ1n) is 16.4. The Kier molecular flexibility index (Phi) is 10.0. The molecule has 2 aliphatic heterocycles. The molecule has 2 saturated heterocycles. The van der Waals surface area contributed by atoms with Crippen LogP contribution in [-0.4, -0.2) is 89.0 Å². The zero-order chi connectivity index (χ0) is 33.3. The van der Waals surface area contributed by atoms with Crippen molar-refractivity contribution in [2.45, 2.75) is 56.9 Å². The van der Waals surface area contributed by atoms with Crippen molar-refractivity contribution >= 4 is 45.9 Å². The number of amides is 1. The maximum absolute atomic E-state index is 15.8. The Morgan fingerprint density at radius 2 is 1.77 bits per heavy atom. The maximum atomic E-state index is 15.8. The third-order valence-electron chi connectivity index (χ3n) is 9.92. The molecule has 3 aliphatic rings. The fourth-order valence-corrected chi connectivity index (χ4v) is 7.66. The minimum atomic E-state index is -1.42. The summed E-state index contributed by atoms with van der Waals surface area (Å²) < 4.78 is 29.9. The summed E-state index contributed by atoms with van der Waals surface area (Å²) in [5.74, 6) is -3.78. The molecule has 0 bridgehead atoms. The van der Waals surface area contributed by atoms with Crippen LogP contribution in [0, 0.1) is 17.7 Å². The van der Waals surface area contributed by atoms with Gasteiger partial charge in [-0.15, -0.1) is 0 Å². The first-order valence-corrected chi connectivity index (χ1v) is 16.7. The Hall–Kier alpha value is -3.35. The number of para-hydroxylation sites is 1. The number of rotatable bonds is 12. The fourth-order valence-electron chi connectivity index (χ4n) is 7.43. The molecule has 12 heteroatoms. The highest BCUT2D eigenvalue weighted by atomic mass is 35.5. The quantitative estimate of drug-likeness (QED) is 0.267. The highest BCUT2D eigenvalue weighted by Crippen LogP contribution is 2.39. The van der Waals surface area contributed by atoms with Gasteiger partial charge in [-0.1, -0.05) is 29.8 Å². The van der Waals surface area contributed by atoms with E-state index < -0.39 is 29.5 Å². The van der Waals surface area contributed by atoms with Crippen molar-refractivity contribution in [2.75, 3.05) is 45.2 Å². The van der Waals surface area contributed by atoms with Crippen molar-refractivity contribution in [2.24, 2.45) is 18.9 Å². The van der Waals surface area contributed by atoms with Gasteiger partial charge in [0.15, 0.2) is 5.78 Å². The van der Waals surface area contributed by atoms with E-state index in [9.17, 15) is 19.5 Å². The number of nitrogens with zero attached hydrogens (tertiary/aromatic N) is 3. The SMILES string of the molecule is COCC1CN(C(O[C@H]2CC[C@H](C(=O)O)CC2)(C(=O)Cc2cc(Cl)c(NC(=O)c3cn(C)c4ccccc34)cc2F)N2CCCC2)C1. The van der Waals surface area contributed by atoms with Crippen molar-refractivity contribution in [3.63, 3.8) is 0 Å². The van der Waals surface area contributed by atoms with Crippen LogP contribution in [0.15, 0.2) is 42.6 Å². The molecule has 47 heavy (non-hydrogen) atoms. The third kappa shape index (κ3) is 6.69. The molecule has 3 fully saturated rings. The highest BCUT2D eigenvalue weighted by Gasteiger charge is 2.56. The van der Waals surface area contributed by atoms with E-state index in [0.717, 1.165) is 29.8 Å². The Morgan fingerprint density at radius 1 is 1.06 bits per heavy atom. The lowest BCUT2D eigenvalue weighted by Gasteiger charge is -2.55. The number of likely N-dealkylation sites (tertiary alicyclic amines) is 2. The molecule has 2 aromatic carbocycles. The molecule has 10 nitrogen and oxygen atoms in total. The minimum Gasteiger partial charge on any atom is -0.481 e. The molecule has 3 aromatic rings. The molecule has 252 valence electrons. The van der Waals surface area contributed by atoms with E-state index in [0.29, 0.717) is 64.0 Å². The number of anilines is 1. The first-order chi connectivity index (χ1) is 22.6. The number of aryl methyl sites for hydroxylation is 1. The lowest BCUT2D eigenvalue weighted by molar-refractivity contribution is -0.277. The van der Waals surface area contributed by atoms with Crippen LogP contribution in [0.5, 0.6) is 0 Å². The molecule has 1 unspecified atom stereocenters. The zero-order valence-corrected chi connectivity index (χ0v) is 27.6. The van der Waals surface area contributed by atoms with Crippen LogP contribution in [0.1, 0.15) is 54.4 Å². The molecule has 6 rings (SSSR count). The largest absolute Gasteiger partial charge is 0.481 e. The molecule has 1 amide bonds. The predicted octanol–water partition coefficient (Wildman–Crippen LogP) is 5.32. The minimum absolute atomic E-state index is 0.110. The van der Waals surface area contributed by atoms with Gasteiger partial charge in [-0.2, -0.15) is 0 Å². The third-order valence-corrected chi connectivity index (χ3v) is 10.2. The number of carboxylic acid groups (broad SMARTS) is 1. The second kappa shape index (κ2) is 14.0. The highest BCUT2D eigenvalue weighted by molar-refractivity contribution is 6.34. The standard InChI is InChI=1S/C35H42ClFN4O6/c1-39-20-27(26-7-3-4-8-31(26)39)33(43)38-30-17-29(37)24(15-28(30)36)16-32(42)35(40-13-5-6-14-40,41-18-22(19-41)21-46-2)47-25-11-9-23(10-12-25)34(44)45/h3-4,7-8,15,17,20,22-23,25H,5-6,9-14,16,18-19,21H2,1-2H3,(H,38,43)(H,44,45)/t23-,25-,35?. The number of hydrogen-bond donors (Lipinski definition) is 2. The molecule has 1 aromatic heterocycles. The van der Waals surface area contributed by atoms with Crippen LogP contribution in [-0.2, 0) is 32.5 Å². The van der Waals surface area contributed by atoms with Gasteiger partial charge in [0.1, 0.15) is 5.82 Å². The first kappa shape index (κ1) is 33.5. The Balaban J connectivity index is 1.25. The van der Waals surface area contributed by atoms with E-state index in [1.54, 1.807) is 13.3 Å². The Labute approximate surface area is 278 Å². The van der Waals surface area contributed by atoms with Gasteiger partial charge in [-0.05, 0) is 62.3 Å². The summed E-state index contributed by atoms with van der Waals surface area (Å²) in [7, 11) is 3.50. The van der Waals surface area contributed by atoms with E-state index in [2.05, 4.69) is 10.2 Å². The average molecular weight is 669 g/mol. The van der Waals surface area contributed by atoms with E-state index in [1.165, 1.54) is 6.07 Å². The number of aliphatic carboxylic acids is 1. The summed E-state index contributed by atoms with van der Waals surface area (Å²) in [6.45, 7) is 3.04. The fraction of sp³-hybridized carbons (Fsp3) is 0.514. The Bertz CT molecular complexity index is 1640. The van der Waals surface area contributed by atoms with E-state index >= 15 is 4.39 Å². The number of methoxy groups -OCH3 is 1. The normalized spacial score (nSPS) is 22.2. The molecule has 3 heterocycles. The van der Waals surface area contributed by atoms with Crippen molar-refractivity contribution in [1.29, 1.82) is 0 Å². The summed E-state index contributed by atoms with van der Waals surface area (Å²) in [4.78, 5) is 43.5. The summed E-state index contributed by atoms with van der Waals surface area (Å²) in [6.07, 6.45) is 4.97. The second-order valence-corrected chi connectivity index (χ2v) is 13.5. The second-order valence-electron chi connectivity index (χ2n) is 13.1. The van der Waals surface area contributed by atoms with Crippen LogP contribution in [0.4, 0.5) is 10.1 Å². The van der Waals surface area contributed by atoms with Crippen LogP contribution >= 0.6 is 11.6 Å². The smallest absolute Gasteiger partial charge is 0.306 e. The zero-order valence-electron chi connectivity index (χ0n) is 26.8. The molecule has 1 saturated carbocycles. The number of carbonyl (C=O) groups excluding carboxylic acids is 2. The van der Waals surface area contributed by atoms with Gasteiger partial charge >= 0.3 is 5.97 Å². The predicted molar refractivity (Wildman–Crippen MR) is 176 cm³/mol. The lowest BCUT2D eigenvalue weighted by Crippen LogP contribution is -2.73. The van der Waals surface area contributed by atoms with Crippen LogP contribution < -0.4 is 5.32 Å². The topological polar surface area (TPSA) is 113 Å².